The predicted molar refractivity (Wildman–Crippen MR) is 81.9 cm³/mol. The van der Waals surface area contributed by atoms with Crippen LogP contribution >= 0.6 is 0 Å². The van der Waals surface area contributed by atoms with E-state index in [4.69, 9.17) is 5.73 Å². The molecule has 1 aromatic rings. The van der Waals surface area contributed by atoms with Crippen LogP contribution in [0.1, 0.15) is 44.1 Å². The molecule has 2 rings (SSSR count). The van der Waals surface area contributed by atoms with E-state index in [1.54, 1.807) is 0 Å². The fraction of sp³-hybridized carbons (Fsp3) is 0.647. The highest BCUT2D eigenvalue weighted by Crippen LogP contribution is 2.38. The minimum atomic E-state index is -0.166. The third-order valence-corrected chi connectivity index (χ3v) is 4.74. The minimum absolute atomic E-state index is 0.166. The van der Waals surface area contributed by atoms with Gasteiger partial charge in [0.15, 0.2) is 0 Å². The Labute approximate surface area is 122 Å². The summed E-state index contributed by atoms with van der Waals surface area (Å²) in [6, 6.07) is 6.80. The number of nitrogens with two attached hydrogens (primary N) is 1. The molecule has 1 aromatic carbocycles. The van der Waals surface area contributed by atoms with Crippen molar-refractivity contribution in [2.75, 3.05) is 20.1 Å². The molecule has 0 heterocycles. The molecule has 0 atom stereocenters. The standard InChI is InChI=1S/C17H27FN2/c1-20(13-15-5-7-16(18)8-6-15)12-11-17(14-19)9-3-2-4-10-17/h5-8H,2-4,9-14,19H2,1H3. The van der Waals surface area contributed by atoms with Crippen molar-refractivity contribution in [2.24, 2.45) is 11.1 Å². The molecule has 0 saturated heterocycles. The first-order valence-electron chi connectivity index (χ1n) is 7.77. The van der Waals surface area contributed by atoms with Crippen LogP contribution in [0.2, 0.25) is 0 Å². The molecule has 1 fully saturated rings. The lowest BCUT2D eigenvalue weighted by Gasteiger charge is -2.37. The highest BCUT2D eigenvalue weighted by molar-refractivity contribution is 5.15. The van der Waals surface area contributed by atoms with Gasteiger partial charge in [0.05, 0.1) is 0 Å². The molecule has 1 aliphatic rings. The number of rotatable bonds is 6. The van der Waals surface area contributed by atoms with Gasteiger partial charge in [0.1, 0.15) is 5.82 Å². The van der Waals surface area contributed by atoms with Crippen molar-refractivity contribution < 1.29 is 4.39 Å². The Hall–Kier alpha value is -0.930. The highest BCUT2D eigenvalue weighted by Gasteiger charge is 2.30. The summed E-state index contributed by atoms with van der Waals surface area (Å²) in [4.78, 5) is 2.32. The van der Waals surface area contributed by atoms with Crippen LogP contribution in [0.3, 0.4) is 0 Å². The van der Waals surface area contributed by atoms with E-state index in [9.17, 15) is 4.39 Å². The van der Waals surface area contributed by atoms with Gasteiger partial charge in [0.2, 0.25) is 0 Å². The van der Waals surface area contributed by atoms with Crippen molar-refractivity contribution in [3.63, 3.8) is 0 Å². The van der Waals surface area contributed by atoms with Crippen LogP contribution in [0.25, 0.3) is 0 Å². The van der Waals surface area contributed by atoms with E-state index in [1.807, 2.05) is 12.1 Å². The van der Waals surface area contributed by atoms with Crippen LogP contribution in [0.15, 0.2) is 24.3 Å². The summed E-state index contributed by atoms with van der Waals surface area (Å²) in [6.45, 7) is 2.76. The third-order valence-electron chi connectivity index (χ3n) is 4.74. The first-order valence-corrected chi connectivity index (χ1v) is 7.77. The Bertz CT molecular complexity index is 396. The van der Waals surface area contributed by atoms with Crippen LogP contribution in [-0.4, -0.2) is 25.0 Å². The molecular formula is C17H27FN2. The van der Waals surface area contributed by atoms with E-state index < -0.39 is 0 Å². The summed E-state index contributed by atoms with van der Waals surface area (Å²) in [5.74, 6) is -0.166. The highest BCUT2D eigenvalue weighted by atomic mass is 19.1. The Kier molecular flexibility index (Phi) is 5.55. The average Bonchev–Trinajstić information content (AvgIpc) is 2.49. The lowest BCUT2D eigenvalue weighted by molar-refractivity contribution is 0.154. The number of hydrogen-bond acceptors (Lipinski definition) is 2. The van der Waals surface area contributed by atoms with Crippen LogP contribution in [-0.2, 0) is 6.54 Å². The molecule has 1 saturated carbocycles. The van der Waals surface area contributed by atoms with E-state index in [-0.39, 0.29) is 5.82 Å². The number of benzene rings is 1. The summed E-state index contributed by atoms with van der Waals surface area (Å²) in [7, 11) is 2.14. The van der Waals surface area contributed by atoms with Gasteiger partial charge in [-0.05, 0) is 62.5 Å². The van der Waals surface area contributed by atoms with Gasteiger partial charge in [-0.2, -0.15) is 0 Å². The zero-order chi connectivity index (χ0) is 14.4. The Morgan fingerprint density at radius 3 is 2.40 bits per heavy atom. The van der Waals surface area contributed by atoms with Gasteiger partial charge in [-0.1, -0.05) is 31.4 Å². The summed E-state index contributed by atoms with van der Waals surface area (Å²) in [6.07, 6.45) is 7.79. The average molecular weight is 278 g/mol. The summed E-state index contributed by atoms with van der Waals surface area (Å²) in [5, 5.41) is 0. The van der Waals surface area contributed by atoms with Crippen LogP contribution in [0, 0.1) is 11.2 Å². The zero-order valence-corrected chi connectivity index (χ0v) is 12.6. The first-order chi connectivity index (χ1) is 9.63. The first kappa shape index (κ1) is 15.5. The monoisotopic (exact) mass is 278 g/mol. The lowest BCUT2D eigenvalue weighted by Crippen LogP contribution is -2.36. The van der Waals surface area contributed by atoms with E-state index in [2.05, 4.69) is 11.9 Å². The van der Waals surface area contributed by atoms with E-state index in [0.29, 0.717) is 5.41 Å². The number of halogens is 1. The molecule has 2 N–H and O–H groups in total. The van der Waals surface area contributed by atoms with Crippen molar-refractivity contribution in [3.05, 3.63) is 35.6 Å². The predicted octanol–water partition coefficient (Wildman–Crippen LogP) is 3.56. The van der Waals surface area contributed by atoms with Gasteiger partial charge < -0.3 is 10.6 Å². The zero-order valence-electron chi connectivity index (χ0n) is 12.6. The molecule has 2 nitrogen and oxygen atoms in total. The Morgan fingerprint density at radius 2 is 1.80 bits per heavy atom. The molecular weight excluding hydrogens is 251 g/mol. The Balaban J connectivity index is 1.81. The smallest absolute Gasteiger partial charge is 0.123 e. The van der Waals surface area contributed by atoms with Crippen molar-refractivity contribution >= 4 is 0 Å². The third kappa shape index (κ3) is 4.29. The van der Waals surface area contributed by atoms with Crippen LogP contribution < -0.4 is 5.73 Å². The second-order valence-corrected chi connectivity index (χ2v) is 6.38. The molecule has 0 aromatic heterocycles. The fourth-order valence-electron chi connectivity index (χ4n) is 3.27. The summed E-state index contributed by atoms with van der Waals surface area (Å²) in [5.41, 5.74) is 7.57. The van der Waals surface area contributed by atoms with Crippen molar-refractivity contribution in [3.8, 4) is 0 Å². The second kappa shape index (κ2) is 7.19. The van der Waals surface area contributed by atoms with E-state index >= 15 is 0 Å². The molecule has 1 aliphatic carbocycles. The quantitative estimate of drug-likeness (QED) is 0.862. The maximum Gasteiger partial charge on any atom is 0.123 e. The maximum atomic E-state index is 12.9. The largest absolute Gasteiger partial charge is 0.330 e. The normalized spacial score (nSPS) is 18.4. The molecule has 0 radical (unpaired) electrons. The lowest BCUT2D eigenvalue weighted by atomic mass is 9.72. The van der Waals surface area contributed by atoms with Gasteiger partial charge in [-0.3, -0.25) is 0 Å². The molecule has 112 valence electrons. The summed E-state index contributed by atoms with van der Waals surface area (Å²) >= 11 is 0. The topological polar surface area (TPSA) is 29.3 Å². The maximum absolute atomic E-state index is 12.9. The molecule has 0 bridgehead atoms. The summed E-state index contributed by atoms with van der Waals surface area (Å²) < 4.78 is 12.9. The molecule has 0 spiro atoms. The molecule has 3 heteroatoms. The molecule has 20 heavy (non-hydrogen) atoms. The second-order valence-electron chi connectivity index (χ2n) is 6.38. The number of nitrogens with zero attached hydrogens (tertiary/aromatic N) is 1. The Morgan fingerprint density at radius 1 is 1.15 bits per heavy atom. The van der Waals surface area contributed by atoms with Gasteiger partial charge >= 0.3 is 0 Å². The van der Waals surface area contributed by atoms with Crippen molar-refractivity contribution in [1.82, 2.24) is 4.90 Å². The van der Waals surface area contributed by atoms with Gasteiger partial charge in [-0.25, -0.2) is 4.39 Å². The van der Waals surface area contributed by atoms with Gasteiger partial charge in [0, 0.05) is 6.54 Å². The van der Waals surface area contributed by atoms with E-state index in [0.717, 1.165) is 19.6 Å². The molecule has 0 amide bonds. The van der Waals surface area contributed by atoms with Crippen molar-refractivity contribution in [1.29, 1.82) is 0 Å². The molecule has 0 aliphatic heterocycles. The van der Waals surface area contributed by atoms with Crippen molar-refractivity contribution in [2.45, 2.75) is 45.1 Å². The minimum Gasteiger partial charge on any atom is -0.330 e. The van der Waals surface area contributed by atoms with Crippen LogP contribution in [0.5, 0.6) is 0 Å². The SMILES string of the molecule is CN(CCC1(CN)CCCCC1)Cc1ccc(F)cc1. The van der Waals surface area contributed by atoms with E-state index in [1.165, 1.54) is 56.2 Å². The fourth-order valence-corrected chi connectivity index (χ4v) is 3.27. The van der Waals surface area contributed by atoms with Crippen LogP contribution in [0.4, 0.5) is 4.39 Å². The van der Waals surface area contributed by atoms with Gasteiger partial charge in [-0.15, -0.1) is 0 Å². The molecule has 0 unspecified atom stereocenters. The number of hydrogen-bond donors (Lipinski definition) is 1. The van der Waals surface area contributed by atoms with Gasteiger partial charge in [0.25, 0.3) is 0 Å².